The number of carbonyl (C=O) groups is 1. The average molecular weight is 259 g/mol. The molecule has 2 aromatic heterocycles. The predicted molar refractivity (Wildman–Crippen MR) is 71.8 cm³/mol. The number of pyridine rings is 1. The maximum absolute atomic E-state index is 11.2. The summed E-state index contributed by atoms with van der Waals surface area (Å²) in [6.45, 7) is 7.92. The number of carboxylic acids is 1. The summed E-state index contributed by atoms with van der Waals surface area (Å²) in [4.78, 5) is 15.7. The first-order valence-electron chi connectivity index (χ1n) is 6.05. The van der Waals surface area contributed by atoms with Crippen LogP contribution in [0.4, 0.5) is 0 Å². The van der Waals surface area contributed by atoms with E-state index in [0.29, 0.717) is 5.82 Å². The van der Waals surface area contributed by atoms with Crippen LogP contribution in [0.3, 0.4) is 0 Å². The number of carboxylic acid groups (broad SMARTS) is 1. The van der Waals surface area contributed by atoms with Gasteiger partial charge in [-0.3, -0.25) is 0 Å². The lowest BCUT2D eigenvalue weighted by Gasteiger charge is -2.19. The largest absolute Gasteiger partial charge is 0.478 e. The molecule has 0 unspecified atom stereocenters. The Balaban J connectivity index is 2.61. The molecule has 0 aliphatic carbocycles. The quantitative estimate of drug-likeness (QED) is 0.900. The van der Waals surface area contributed by atoms with Gasteiger partial charge >= 0.3 is 5.97 Å². The third-order valence-corrected chi connectivity index (χ3v) is 2.77. The first-order chi connectivity index (χ1) is 8.77. The van der Waals surface area contributed by atoms with Crippen molar-refractivity contribution < 1.29 is 9.90 Å². The summed E-state index contributed by atoms with van der Waals surface area (Å²) < 4.78 is 1.59. The number of aromatic nitrogens is 3. The van der Waals surface area contributed by atoms with Gasteiger partial charge in [-0.1, -0.05) is 20.8 Å². The van der Waals surface area contributed by atoms with Gasteiger partial charge in [-0.25, -0.2) is 14.5 Å². The van der Waals surface area contributed by atoms with Gasteiger partial charge in [0.1, 0.15) is 0 Å². The molecule has 19 heavy (non-hydrogen) atoms. The highest BCUT2D eigenvalue weighted by molar-refractivity contribution is 5.88. The van der Waals surface area contributed by atoms with Gasteiger partial charge in [0, 0.05) is 17.3 Å². The monoisotopic (exact) mass is 259 g/mol. The highest BCUT2D eigenvalue weighted by atomic mass is 16.4. The fraction of sp³-hybridized carbons (Fsp3) is 0.357. The van der Waals surface area contributed by atoms with Crippen LogP contribution in [0.25, 0.3) is 5.82 Å². The van der Waals surface area contributed by atoms with Gasteiger partial charge in [-0.2, -0.15) is 5.10 Å². The zero-order valence-electron chi connectivity index (χ0n) is 11.5. The lowest BCUT2D eigenvalue weighted by atomic mass is 9.91. The number of hydrogen-bond donors (Lipinski definition) is 1. The minimum absolute atomic E-state index is 0.220. The Morgan fingerprint density at radius 2 is 2.00 bits per heavy atom. The van der Waals surface area contributed by atoms with Crippen LogP contribution in [-0.4, -0.2) is 25.8 Å². The Kier molecular flexibility index (Phi) is 3.14. The van der Waals surface area contributed by atoms with Crippen molar-refractivity contribution in [2.45, 2.75) is 33.1 Å². The van der Waals surface area contributed by atoms with E-state index in [0.717, 1.165) is 11.3 Å². The summed E-state index contributed by atoms with van der Waals surface area (Å²) in [5.74, 6) is -0.434. The van der Waals surface area contributed by atoms with Gasteiger partial charge in [0.25, 0.3) is 0 Å². The van der Waals surface area contributed by atoms with Gasteiger partial charge in [-0.15, -0.1) is 0 Å². The van der Waals surface area contributed by atoms with Crippen LogP contribution >= 0.6 is 0 Å². The maximum Gasteiger partial charge on any atom is 0.335 e. The van der Waals surface area contributed by atoms with E-state index in [2.05, 4.69) is 10.1 Å². The van der Waals surface area contributed by atoms with E-state index in [4.69, 9.17) is 0 Å². The van der Waals surface area contributed by atoms with Crippen molar-refractivity contribution in [1.82, 2.24) is 14.8 Å². The molecule has 2 rings (SSSR count). The molecule has 2 aromatic rings. The van der Waals surface area contributed by atoms with Crippen LogP contribution in [0.5, 0.6) is 0 Å². The molecule has 0 atom stereocenters. The van der Waals surface area contributed by atoms with Crippen molar-refractivity contribution in [3.63, 3.8) is 0 Å². The van der Waals surface area contributed by atoms with E-state index >= 15 is 0 Å². The summed E-state index contributed by atoms with van der Waals surface area (Å²) in [5.41, 5.74) is 1.74. The second kappa shape index (κ2) is 4.50. The molecule has 100 valence electrons. The number of hydrogen-bond acceptors (Lipinski definition) is 3. The van der Waals surface area contributed by atoms with Crippen molar-refractivity contribution in [1.29, 1.82) is 0 Å². The van der Waals surface area contributed by atoms with Crippen LogP contribution in [-0.2, 0) is 5.41 Å². The van der Waals surface area contributed by atoms with E-state index in [-0.39, 0.29) is 11.0 Å². The standard InChI is InChI=1S/C14H17N3O2/c1-9-7-15-17(8-9)12-6-10(13(18)19)5-11(16-12)14(2,3)4/h5-8H,1-4H3,(H,18,19). The number of rotatable bonds is 2. The van der Waals surface area contributed by atoms with Crippen LogP contribution in [0.15, 0.2) is 24.5 Å². The lowest BCUT2D eigenvalue weighted by molar-refractivity contribution is 0.0696. The SMILES string of the molecule is Cc1cnn(-c2cc(C(=O)O)cc(C(C)(C)C)n2)c1. The maximum atomic E-state index is 11.2. The Labute approximate surface area is 111 Å². The van der Waals surface area contributed by atoms with E-state index < -0.39 is 5.97 Å². The van der Waals surface area contributed by atoms with Gasteiger partial charge in [0.15, 0.2) is 5.82 Å². The normalized spacial score (nSPS) is 11.6. The van der Waals surface area contributed by atoms with Crippen molar-refractivity contribution in [2.24, 2.45) is 0 Å². The molecule has 1 N–H and O–H groups in total. The third kappa shape index (κ3) is 2.81. The summed E-state index contributed by atoms with van der Waals surface area (Å²) in [7, 11) is 0. The van der Waals surface area contributed by atoms with Gasteiger partial charge in [0.2, 0.25) is 0 Å². The molecule has 0 amide bonds. The van der Waals surface area contributed by atoms with Crippen LogP contribution in [0.2, 0.25) is 0 Å². The Hall–Kier alpha value is -2.17. The molecular formula is C14H17N3O2. The van der Waals surface area contributed by atoms with Gasteiger partial charge in [0.05, 0.1) is 11.8 Å². The second-order valence-electron chi connectivity index (χ2n) is 5.62. The zero-order chi connectivity index (χ0) is 14.2. The molecule has 0 saturated heterocycles. The summed E-state index contributed by atoms with van der Waals surface area (Å²) >= 11 is 0. The summed E-state index contributed by atoms with van der Waals surface area (Å²) in [6.07, 6.45) is 3.53. The first-order valence-corrected chi connectivity index (χ1v) is 6.05. The van der Waals surface area contributed by atoms with Crippen LogP contribution in [0.1, 0.15) is 42.4 Å². The topological polar surface area (TPSA) is 68.0 Å². The fourth-order valence-corrected chi connectivity index (χ4v) is 1.68. The Bertz CT molecular complexity index is 624. The number of aryl methyl sites for hydroxylation is 1. The number of aromatic carboxylic acids is 1. The van der Waals surface area contributed by atoms with Crippen molar-refractivity contribution in [3.05, 3.63) is 41.3 Å². The molecule has 0 aliphatic heterocycles. The lowest BCUT2D eigenvalue weighted by Crippen LogP contribution is -2.17. The molecule has 5 heteroatoms. The minimum atomic E-state index is -0.960. The molecule has 0 aromatic carbocycles. The van der Waals surface area contributed by atoms with E-state index in [1.807, 2.05) is 33.9 Å². The van der Waals surface area contributed by atoms with E-state index in [1.54, 1.807) is 16.9 Å². The molecule has 0 aliphatic rings. The molecule has 0 bridgehead atoms. The highest BCUT2D eigenvalue weighted by Gasteiger charge is 2.19. The summed E-state index contributed by atoms with van der Waals surface area (Å²) in [5, 5.41) is 13.4. The Morgan fingerprint density at radius 3 is 2.47 bits per heavy atom. The smallest absolute Gasteiger partial charge is 0.335 e. The van der Waals surface area contributed by atoms with E-state index in [1.165, 1.54) is 6.07 Å². The predicted octanol–water partition coefficient (Wildman–Crippen LogP) is 2.57. The second-order valence-corrected chi connectivity index (χ2v) is 5.62. The molecule has 0 spiro atoms. The molecular weight excluding hydrogens is 242 g/mol. The average Bonchev–Trinajstić information content (AvgIpc) is 2.74. The molecule has 5 nitrogen and oxygen atoms in total. The highest BCUT2D eigenvalue weighted by Crippen LogP contribution is 2.23. The molecule has 0 fully saturated rings. The van der Waals surface area contributed by atoms with Crippen molar-refractivity contribution in [3.8, 4) is 5.82 Å². The van der Waals surface area contributed by atoms with Crippen molar-refractivity contribution >= 4 is 5.97 Å². The number of nitrogens with zero attached hydrogens (tertiary/aromatic N) is 3. The zero-order valence-corrected chi connectivity index (χ0v) is 11.5. The van der Waals surface area contributed by atoms with Crippen molar-refractivity contribution in [2.75, 3.05) is 0 Å². The minimum Gasteiger partial charge on any atom is -0.478 e. The third-order valence-electron chi connectivity index (χ3n) is 2.77. The summed E-state index contributed by atoms with van der Waals surface area (Å²) in [6, 6.07) is 3.15. The van der Waals surface area contributed by atoms with Gasteiger partial charge in [-0.05, 0) is 24.6 Å². The fourth-order valence-electron chi connectivity index (χ4n) is 1.68. The Morgan fingerprint density at radius 1 is 1.32 bits per heavy atom. The molecule has 0 radical (unpaired) electrons. The van der Waals surface area contributed by atoms with Crippen LogP contribution < -0.4 is 0 Å². The van der Waals surface area contributed by atoms with Gasteiger partial charge < -0.3 is 5.11 Å². The molecule has 2 heterocycles. The first kappa shape index (κ1) is 13.3. The molecule has 0 saturated carbocycles. The van der Waals surface area contributed by atoms with E-state index in [9.17, 15) is 9.90 Å². The van der Waals surface area contributed by atoms with Crippen LogP contribution in [0, 0.1) is 6.92 Å².